The van der Waals surface area contributed by atoms with Gasteiger partial charge >= 0.3 is 5.97 Å². The van der Waals surface area contributed by atoms with Crippen LogP contribution in [0.1, 0.15) is 98.3 Å². The van der Waals surface area contributed by atoms with Gasteiger partial charge in [-0.05, 0) is 82.6 Å². The third kappa shape index (κ3) is 6.93. The zero-order valence-corrected chi connectivity index (χ0v) is 26.2. The lowest BCUT2D eigenvalue weighted by molar-refractivity contribution is -0.160. The number of hydrogen-bond acceptors (Lipinski definition) is 5. The molecule has 2 heterocycles. The molecule has 1 aliphatic carbocycles. The highest BCUT2D eigenvalue weighted by atomic mass is 16.5. The summed E-state index contributed by atoms with van der Waals surface area (Å²) in [4.78, 5) is 33.0. The maximum atomic E-state index is 13.0. The standard InChI is InChI=1S/C36H45N3O4/c1-24-29(27-14-16-28(17-15-27)33(40)37-22-26-12-8-6-9-13-26)31(39-21-20-36(23-39)18-10-7-11-19-36)30(25(2)38-24)32(34(41)42)43-35(3,4)5/h6,8-9,12-17,32H,7,10-11,18-23H2,1-5H3,(H,37,40)(H,41,42)/t32-/m0/s1. The van der Waals surface area contributed by atoms with Crippen molar-refractivity contribution in [3.05, 3.63) is 82.7 Å². The highest BCUT2D eigenvalue weighted by molar-refractivity contribution is 5.95. The Labute approximate surface area is 255 Å². The predicted octanol–water partition coefficient (Wildman–Crippen LogP) is 7.40. The zero-order chi connectivity index (χ0) is 30.8. The molecule has 2 aliphatic rings. The molecule has 1 spiro atoms. The van der Waals surface area contributed by atoms with Crippen molar-refractivity contribution in [3.8, 4) is 11.1 Å². The number of carboxylic acids is 1. The van der Waals surface area contributed by atoms with E-state index in [1.807, 2.05) is 89.2 Å². The lowest BCUT2D eigenvalue weighted by Crippen LogP contribution is -2.33. The third-order valence-electron chi connectivity index (χ3n) is 8.94. The van der Waals surface area contributed by atoms with E-state index >= 15 is 0 Å². The van der Waals surface area contributed by atoms with Gasteiger partial charge in [0.25, 0.3) is 5.91 Å². The van der Waals surface area contributed by atoms with Gasteiger partial charge in [0.15, 0.2) is 6.10 Å². The molecule has 43 heavy (non-hydrogen) atoms. The van der Waals surface area contributed by atoms with E-state index in [1.165, 1.54) is 32.1 Å². The number of amides is 1. The monoisotopic (exact) mass is 583 g/mol. The fraction of sp³-hybridized carbons (Fsp3) is 0.472. The summed E-state index contributed by atoms with van der Waals surface area (Å²) in [5.41, 5.74) is 6.07. The minimum Gasteiger partial charge on any atom is -0.479 e. The van der Waals surface area contributed by atoms with Crippen LogP contribution in [0.25, 0.3) is 11.1 Å². The third-order valence-corrected chi connectivity index (χ3v) is 8.94. The number of rotatable bonds is 8. The van der Waals surface area contributed by atoms with Crippen molar-refractivity contribution in [2.75, 3.05) is 18.0 Å². The van der Waals surface area contributed by atoms with Crippen molar-refractivity contribution in [1.82, 2.24) is 10.3 Å². The molecule has 7 nitrogen and oxygen atoms in total. The van der Waals surface area contributed by atoms with Crippen molar-refractivity contribution in [2.24, 2.45) is 5.41 Å². The fourth-order valence-corrected chi connectivity index (χ4v) is 6.92. The van der Waals surface area contributed by atoms with Gasteiger partial charge in [0.05, 0.1) is 11.3 Å². The Hall–Kier alpha value is -3.71. The second kappa shape index (κ2) is 12.5. The number of ether oxygens (including phenoxy) is 1. The number of carboxylic acid groups (broad SMARTS) is 1. The normalized spacial score (nSPS) is 17.2. The van der Waals surface area contributed by atoms with Gasteiger partial charge in [-0.15, -0.1) is 0 Å². The fourth-order valence-electron chi connectivity index (χ4n) is 6.92. The van der Waals surface area contributed by atoms with E-state index in [-0.39, 0.29) is 11.3 Å². The zero-order valence-electron chi connectivity index (χ0n) is 26.2. The Morgan fingerprint density at radius 1 is 0.977 bits per heavy atom. The van der Waals surface area contributed by atoms with Gasteiger partial charge in [-0.1, -0.05) is 61.7 Å². The largest absolute Gasteiger partial charge is 0.479 e. The van der Waals surface area contributed by atoms with Crippen molar-refractivity contribution in [1.29, 1.82) is 0 Å². The molecule has 1 saturated heterocycles. The van der Waals surface area contributed by atoms with Crippen molar-refractivity contribution >= 4 is 17.6 Å². The number of pyridine rings is 1. The Morgan fingerprint density at radius 3 is 2.28 bits per heavy atom. The van der Waals surface area contributed by atoms with Crippen LogP contribution in [-0.2, 0) is 16.1 Å². The molecule has 0 bridgehead atoms. The van der Waals surface area contributed by atoms with Crippen LogP contribution >= 0.6 is 0 Å². The van der Waals surface area contributed by atoms with Crippen LogP contribution in [0.15, 0.2) is 54.6 Å². The maximum absolute atomic E-state index is 13.0. The number of hydrogen-bond donors (Lipinski definition) is 2. The number of benzene rings is 2. The summed E-state index contributed by atoms with van der Waals surface area (Å²) in [7, 11) is 0. The maximum Gasteiger partial charge on any atom is 0.337 e. The van der Waals surface area contributed by atoms with Gasteiger partial charge < -0.3 is 20.1 Å². The van der Waals surface area contributed by atoms with Crippen LogP contribution in [0.4, 0.5) is 5.69 Å². The predicted molar refractivity (Wildman–Crippen MR) is 170 cm³/mol. The molecule has 1 saturated carbocycles. The molecule has 2 N–H and O–H groups in total. The summed E-state index contributed by atoms with van der Waals surface area (Å²) in [6.45, 7) is 11.8. The Bertz CT molecular complexity index is 1450. The Morgan fingerprint density at radius 2 is 1.65 bits per heavy atom. The minimum absolute atomic E-state index is 0.140. The molecule has 1 aliphatic heterocycles. The number of aromatic nitrogens is 1. The number of anilines is 1. The van der Waals surface area contributed by atoms with Crippen molar-refractivity contribution in [2.45, 2.75) is 91.4 Å². The average Bonchev–Trinajstić information content (AvgIpc) is 3.37. The molecule has 3 aromatic rings. The Balaban J connectivity index is 1.55. The first-order chi connectivity index (χ1) is 20.5. The molecule has 7 heteroatoms. The van der Waals surface area contributed by atoms with E-state index in [2.05, 4.69) is 10.2 Å². The van der Waals surface area contributed by atoms with E-state index in [0.717, 1.165) is 47.6 Å². The number of carbonyl (C=O) groups is 2. The number of aliphatic carboxylic acids is 1. The smallest absolute Gasteiger partial charge is 0.337 e. The van der Waals surface area contributed by atoms with Crippen LogP contribution in [-0.4, -0.2) is 40.7 Å². The molecule has 1 aromatic heterocycles. The van der Waals surface area contributed by atoms with Crippen LogP contribution < -0.4 is 10.2 Å². The number of nitrogens with zero attached hydrogens (tertiary/aromatic N) is 2. The topological polar surface area (TPSA) is 91.8 Å². The molecule has 1 amide bonds. The lowest BCUT2D eigenvalue weighted by atomic mass is 9.73. The van der Waals surface area contributed by atoms with Gasteiger partial charge in [-0.25, -0.2) is 4.79 Å². The number of aryl methyl sites for hydroxylation is 2. The number of carbonyl (C=O) groups excluding carboxylic acids is 1. The molecule has 0 unspecified atom stereocenters. The molecule has 5 rings (SSSR count). The highest BCUT2D eigenvalue weighted by Crippen LogP contribution is 2.49. The second-order valence-corrected chi connectivity index (χ2v) is 13.3. The van der Waals surface area contributed by atoms with Crippen molar-refractivity contribution < 1.29 is 19.4 Å². The van der Waals surface area contributed by atoms with Gasteiger partial charge in [0.1, 0.15) is 0 Å². The van der Waals surface area contributed by atoms with Crippen molar-refractivity contribution in [3.63, 3.8) is 0 Å². The van der Waals surface area contributed by atoms with Gasteiger partial charge in [0.2, 0.25) is 0 Å². The summed E-state index contributed by atoms with van der Waals surface area (Å²) >= 11 is 0. The first-order valence-electron chi connectivity index (χ1n) is 15.6. The molecule has 2 fully saturated rings. The summed E-state index contributed by atoms with van der Waals surface area (Å²) in [5, 5.41) is 13.5. The first kappa shape index (κ1) is 30.7. The molecule has 2 aromatic carbocycles. The van der Waals surface area contributed by atoms with Gasteiger partial charge in [-0.3, -0.25) is 9.78 Å². The highest BCUT2D eigenvalue weighted by Gasteiger charge is 2.42. The van der Waals surface area contributed by atoms with Crippen LogP contribution in [0.3, 0.4) is 0 Å². The van der Waals surface area contributed by atoms with Crippen LogP contribution in [0.2, 0.25) is 0 Å². The molecule has 1 atom stereocenters. The molecular weight excluding hydrogens is 538 g/mol. The molecular formula is C36H45N3O4. The second-order valence-electron chi connectivity index (χ2n) is 13.3. The van der Waals surface area contributed by atoms with E-state index in [1.54, 1.807) is 0 Å². The van der Waals surface area contributed by atoms with E-state index in [9.17, 15) is 14.7 Å². The SMILES string of the molecule is Cc1nc(C)c([C@H](OC(C)(C)C)C(=O)O)c(N2CCC3(CCCCC3)C2)c1-c1ccc(C(=O)NCc2ccccc2)cc1. The van der Waals surface area contributed by atoms with Gasteiger partial charge in [-0.2, -0.15) is 0 Å². The van der Waals surface area contributed by atoms with E-state index in [0.29, 0.717) is 23.4 Å². The molecule has 228 valence electrons. The summed E-state index contributed by atoms with van der Waals surface area (Å²) in [6, 6.07) is 17.4. The summed E-state index contributed by atoms with van der Waals surface area (Å²) in [6.07, 6.45) is 6.16. The minimum atomic E-state index is -1.16. The summed E-state index contributed by atoms with van der Waals surface area (Å²) in [5.74, 6) is -1.16. The number of nitrogens with one attached hydrogen (secondary N) is 1. The lowest BCUT2D eigenvalue weighted by Gasteiger charge is -2.36. The average molecular weight is 584 g/mol. The van der Waals surface area contributed by atoms with Gasteiger partial charge in [0, 0.05) is 47.7 Å². The van der Waals surface area contributed by atoms with E-state index < -0.39 is 17.7 Å². The van der Waals surface area contributed by atoms with Crippen LogP contribution in [0.5, 0.6) is 0 Å². The summed E-state index contributed by atoms with van der Waals surface area (Å²) < 4.78 is 6.23. The first-order valence-corrected chi connectivity index (χ1v) is 15.6. The van der Waals surface area contributed by atoms with E-state index in [4.69, 9.17) is 9.72 Å². The Kier molecular flexibility index (Phi) is 8.93. The molecule has 0 radical (unpaired) electrons. The van der Waals surface area contributed by atoms with Crippen LogP contribution in [0, 0.1) is 19.3 Å². The quantitative estimate of drug-likeness (QED) is 0.287.